The van der Waals surface area contributed by atoms with Crippen molar-refractivity contribution in [2.24, 2.45) is 5.73 Å². The molecule has 0 saturated heterocycles. The van der Waals surface area contributed by atoms with Gasteiger partial charge in [0.15, 0.2) is 6.10 Å². The topological polar surface area (TPSA) is 231 Å². The third kappa shape index (κ3) is 10.5. The summed E-state index contributed by atoms with van der Waals surface area (Å²) < 4.78 is 0. The fraction of sp³-hybridized carbons (Fsp3) is 0.727. The molecule has 12 nitrogen and oxygen atoms in total. The van der Waals surface area contributed by atoms with E-state index in [1.807, 2.05) is 0 Å². The van der Waals surface area contributed by atoms with Crippen LogP contribution in [0.1, 0.15) is 6.92 Å². The number of nitrogens with two attached hydrogens (primary N) is 1. The van der Waals surface area contributed by atoms with Crippen LogP contribution in [0.3, 0.4) is 0 Å². The number of carboxylic acid groups (broad SMARTS) is 2. The van der Waals surface area contributed by atoms with Crippen LogP contribution in [-0.2, 0) is 14.4 Å². The van der Waals surface area contributed by atoms with Gasteiger partial charge in [0.05, 0.1) is 12.6 Å². The van der Waals surface area contributed by atoms with E-state index in [1.54, 1.807) is 0 Å². The van der Waals surface area contributed by atoms with Gasteiger partial charge in [-0.3, -0.25) is 9.59 Å². The summed E-state index contributed by atoms with van der Waals surface area (Å²) in [7, 11) is 0. The van der Waals surface area contributed by atoms with Gasteiger partial charge in [0.2, 0.25) is 5.91 Å². The molecule has 0 rings (SSSR count). The monoisotopic (exact) mass is 342 g/mol. The molecule has 0 fully saturated rings. The summed E-state index contributed by atoms with van der Waals surface area (Å²) in [6.45, 7) is 0.266. The molecule has 136 valence electrons. The largest absolute Gasteiger partial charge is 0.480 e. The van der Waals surface area contributed by atoms with Gasteiger partial charge in [-0.25, -0.2) is 4.79 Å². The van der Waals surface area contributed by atoms with Crippen molar-refractivity contribution < 1.29 is 50.1 Å². The van der Waals surface area contributed by atoms with Crippen molar-refractivity contribution in [2.45, 2.75) is 37.4 Å². The maximum Gasteiger partial charge on any atom is 0.335 e. The number of carbonyl (C=O) groups is 3. The summed E-state index contributed by atoms with van der Waals surface area (Å²) in [6, 6.07) is -0.653. The number of nitrogens with one attached hydrogen (secondary N) is 1. The summed E-state index contributed by atoms with van der Waals surface area (Å²) in [4.78, 5) is 30.5. The van der Waals surface area contributed by atoms with Gasteiger partial charge >= 0.3 is 11.9 Å². The number of aliphatic hydroxyl groups excluding tert-OH is 5. The molecule has 12 heteroatoms. The van der Waals surface area contributed by atoms with Gasteiger partial charge in [-0.1, -0.05) is 0 Å². The summed E-state index contributed by atoms with van der Waals surface area (Å²) in [5.41, 5.74) is 5.12. The first kappa shape index (κ1) is 23.4. The van der Waals surface area contributed by atoms with E-state index in [4.69, 9.17) is 41.5 Å². The molecule has 0 saturated carbocycles. The second-order valence-corrected chi connectivity index (χ2v) is 4.41. The van der Waals surface area contributed by atoms with Gasteiger partial charge < -0.3 is 46.8 Å². The van der Waals surface area contributed by atoms with E-state index < -0.39 is 54.9 Å². The molecule has 0 bridgehead atoms. The lowest BCUT2D eigenvalue weighted by Crippen LogP contribution is -2.48. The molecule has 0 unspecified atom stereocenters. The van der Waals surface area contributed by atoms with Gasteiger partial charge in [-0.15, -0.1) is 0 Å². The predicted octanol–water partition coefficient (Wildman–Crippen LogP) is -4.96. The Morgan fingerprint density at radius 3 is 1.83 bits per heavy atom. The summed E-state index contributed by atoms with van der Waals surface area (Å²) in [5, 5.41) is 62.0. The molecular formula is C11H22N2O10. The van der Waals surface area contributed by atoms with E-state index in [-0.39, 0.29) is 6.54 Å². The first-order chi connectivity index (χ1) is 10.4. The first-order valence-corrected chi connectivity index (χ1v) is 6.26. The molecule has 0 aromatic heterocycles. The highest BCUT2D eigenvalue weighted by atomic mass is 16.4. The minimum absolute atomic E-state index is 0.375. The molecule has 23 heavy (non-hydrogen) atoms. The Balaban J connectivity index is 0. The van der Waals surface area contributed by atoms with E-state index in [0.717, 1.165) is 0 Å². The van der Waals surface area contributed by atoms with Crippen LogP contribution in [0, 0.1) is 0 Å². The molecular weight excluding hydrogens is 320 g/mol. The Morgan fingerprint density at radius 2 is 1.52 bits per heavy atom. The minimum atomic E-state index is -2.20. The zero-order chi connectivity index (χ0) is 18.7. The molecule has 1 amide bonds. The summed E-state index contributed by atoms with van der Waals surface area (Å²) in [6.07, 6.45) is -7.84. The van der Waals surface area contributed by atoms with E-state index in [0.29, 0.717) is 0 Å². The maximum absolute atomic E-state index is 10.5. The number of carbonyl (C=O) groups excluding carboxylic acids is 1. The van der Waals surface area contributed by atoms with Crippen LogP contribution in [0.2, 0.25) is 0 Å². The van der Waals surface area contributed by atoms with Crippen molar-refractivity contribution in [2.75, 3.05) is 13.2 Å². The number of amides is 1. The second-order valence-electron chi connectivity index (χ2n) is 4.41. The van der Waals surface area contributed by atoms with Gasteiger partial charge in [0.1, 0.15) is 24.9 Å². The third-order valence-corrected chi connectivity index (χ3v) is 2.34. The molecule has 0 radical (unpaired) electrons. The molecule has 0 aliphatic rings. The zero-order valence-electron chi connectivity index (χ0n) is 12.2. The van der Waals surface area contributed by atoms with E-state index in [9.17, 15) is 14.4 Å². The number of carboxylic acids is 2. The van der Waals surface area contributed by atoms with Crippen LogP contribution in [-0.4, -0.2) is 97.2 Å². The normalized spacial score (nSPS) is 16.8. The highest BCUT2D eigenvalue weighted by Crippen LogP contribution is 2.04. The van der Waals surface area contributed by atoms with Gasteiger partial charge in [0.25, 0.3) is 0 Å². The van der Waals surface area contributed by atoms with Crippen molar-refractivity contribution >= 4 is 17.8 Å². The van der Waals surface area contributed by atoms with Crippen LogP contribution in [0.15, 0.2) is 0 Å². The molecule has 0 aromatic carbocycles. The first-order valence-electron chi connectivity index (χ1n) is 6.26. The van der Waals surface area contributed by atoms with Gasteiger partial charge in [-0.2, -0.15) is 0 Å². The molecule has 0 heterocycles. The molecule has 0 aromatic rings. The Labute approximate surface area is 130 Å². The van der Waals surface area contributed by atoms with Gasteiger partial charge in [-0.05, 0) is 6.92 Å². The van der Waals surface area contributed by atoms with Crippen molar-refractivity contribution in [3.63, 3.8) is 0 Å². The van der Waals surface area contributed by atoms with E-state index >= 15 is 0 Å². The predicted molar refractivity (Wildman–Crippen MR) is 73.0 cm³/mol. The van der Waals surface area contributed by atoms with E-state index in [1.165, 1.54) is 6.92 Å². The fourth-order valence-electron chi connectivity index (χ4n) is 0.992. The SMILES string of the molecule is C[C@H](N)C(=O)NCC(=O)O.O=C(O)[C@H](O)[C@@H](O)[C@H](O)[C@H](O)CO. The second kappa shape index (κ2) is 11.7. The smallest absolute Gasteiger partial charge is 0.335 e. The van der Waals surface area contributed by atoms with Crippen molar-refractivity contribution in [1.82, 2.24) is 5.32 Å². The third-order valence-electron chi connectivity index (χ3n) is 2.34. The fourth-order valence-corrected chi connectivity index (χ4v) is 0.992. The average Bonchev–Trinajstić information content (AvgIpc) is 2.49. The Bertz CT molecular complexity index is 389. The van der Waals surface area contributed by atoms with E-state index in [2.05, 4.69) is 5.32 Å². The Kier molecular flexibility index (Phi) is 11.9. The van der Waals surface area contributed by atoms with Crippen LogP contribution >= 0.6 is 0 Å². The number of aliphatic hydroxyl groups is 5. The maximum atomic E-state index is 10.5. The Hall–Kier alpha value is -1.83. The molecule has 0 aliphatic heterocycles. The van der Waals surface area contributed by atoms with Crippen molar-refractivity contribution in [3.05, 3.63) is 0 Å². The van der Waals surface area contributed by atoms with Crippen LogP contribution in [0.5, 0.6) is 0 Å². The highest BCUT2D eigenvalue weighted by molar-refractivity contribution is 5.84. The zero-order valence-corrected chi connectivity index (χ0v) is 12.2. The summed E-state index contributed by atoms with van der Waals surface area (Å²) >= 11 is 0. The number of rotatable bonds is 8. The van der Waals surface area contributed by atoms with Gasteiger partial charge in [0, 0.05) is 0 Å². The number of aliphatic carboxylic acids is 2. The molecule has 0 aliphatic carbocycles. The van der Waals surface area contributed by atoms with Crippen LogP contribution in [0.4, 0.5) is 0 Å². The molecule has 0 spiro atoms. The number of hydrogen-bond donors (Lipinski definition) is 9. The minimum Gasteiger partial charge on any atom is -0.480 e. The standard InChI is InChI=1S/C6H12O7.C5H10N2O3/c7-1-2(8)3(9)4(10)5(11)6(12)13;1-3(6)5(10)7-2-4(8)9/h2-5,7-11H,1H2,(H,12,13);3H,2,6H2,1H3,(H,7,10)(H,8,9)/t2-,3-,4+,5-;3-/m10/s1. The highest BCUT2D eigenvalue weighted by Gasteiger charge is 2.33. The lowest BCUT2D eigenvalue weighted by atomic mass is 10.0. The lowest BCUT2D eigenvalue weighted by molar-refractivity contribution is -0.164. The van der Waals surface area contributed by atoms with Crippen LogP contribution < -0.4 is 11.1 Å². The summed E-state index contributed by atoms with van der Waals surface area (Å²) in [5.74, 6) is -3.26. The van der Waals surface area contributed by atoms with Crippen molar-refractivity contribution in [1.29, 1.82) is 0 Å². The number of hydrogen-bond acceptors (Lipinski definition) is 9. The molecule has 10 N–H and O–H groups in total. The lowest BCUT2D eigenvalue weighted by Gasteiger charge is -2.23. The van der Waals surface area contributed by atoms with Crippen LogP contribution in [0.25, 0.3) is 0 Å². The molecule has 5 atom stereocenters. The Morgan fingerprint density at radius 1 is 1.04 bits per heavy atom. The van der Waals surface area contributed by atoms with Crippen molar-refractivity contribution in [3.8, 4) is 0 Å². The average molecular weight is 342 g/mol. The quantitative estimate of drug-likeness (QED) is 0.203.